The molecular formula is C12H26N2O. The normalized spacial score (nSPS) is 29.6. The Morgan fingerprint density at radius 2 is 2.07 bits per heavy atom. The molecule has 3 nitrogen and oxygen atoms in total. The largest absolute Gasteiger partial charge is 0.378 e. The molecule has 90 valence electrons. The lowest BCUT2D eigenvalue weighted by Gasteiger charge is -2.37. The number of hydrogen-bond acceptors (Lipinski definition) is 3. The van der Waals surface area contributed by atoms with Gasteiger partial charge in [-0.05, 0) is 33.1 Å². The summed E-state index contributed by atoms with van der Waals surface area (Å²) in [7, 11) is 0. The van der Waals surface area contributed by atoms with E-state index in [4.69, 9.17) is 10.5 Å². The molecular weight excluding hydrogens is 188 g/mol. The van der Waals surface area contributed by atoms with E-state index in [2.05, 4.69) is 26.1 Å². The van der Waals surface area contributed by atoms with Gasteiger partial charge in [-0.15, -0.1) is 0 Å². The van der Waals surface area contributed by atoms with Crippen LogP contribution in [-0.2, 0) is 4.74 Å². The highest BCUT2D eigenvalue weighted by Crippen LogP contribution is 2.23. The third-order valence-corrected chi connectivity index (χ3v) is 3.11. The van der Waals surface area contributed by atoms with Crippen LogP contribution in [0.4, 0.5) is 0 Å². The van der Waals surface area contributed by atoms with Gasteiger partial charge in [0.25, 0.3) is 0 Å². The first kappa shape index (κ1) is 12.9. The van der Waals surface area contributed by atoms with Gasteiger partial charge in [-0.3, -0.25) is 0 Å². The molecule has 1 aliphatic carbocycles. The van der Waals surface area contributed by atoms with Crippen LogP contribution in [0, 0.1) is 0 Å². The SMILES string of the molecule is CCCC(C)(N)CNC1CC(OCC)C1. The molecule has 0 spiro atoms. The van der Waals surface area contributed by atoms with Gasteiger partial charge in [-0.2, -0.15) is 0 Å². The molecule has 0 aromatic heterocycles. The molecule has 0 saturated heterocycles. The number of rotatable bonds is 7. The average Bonchev–Trinajstić information content (AvgIpc) is 2.08. The summed E-state index contributed by atoms with van der Waals surface area (Å²) in [6.07, 6.45) is 5.02. The van der Waals surface area contributed by atoms with Gasteiger partial charge in [-0.25, -0.2) is 0 Å². The van der Waals surface area contributed by atoms with Gasteiger partial charge >= 0.3 is 0 Å². The van der Waals surface area contributed by atoms with Crippen LogP contribution in [0.15, 0.2) is 0 Å². The van der Waals surface area contributed by atoms with Crippen LogP contribution < -0.4 is 11.1 Å². The lowest BCUT2D eigenvalue weighted by Crippen LogP contribution is -2.53. The Bertz CT molecular complexity index is 176. The highest BCUT2D eigenvalue weighted by molar-refractivity contribution is 4.89. The van der Waals surface area contributed by atoms with Gasteiger partial charge in [0, 0.05) is 24.7 Å². The Morgan fingerprint density at radius 3 is 2.60 bits per heavy atom. The van der Waals surface area contributed by atoms with Crippen LogP contribution in [0.1, 0.15) is 46.5 Å². The van der Waals surface area contributed by atoms with Crippen molar-refractivity contribution >= 4 is 0 Å². The van der Waals surface area contributed by atoms with Crippen molar-refractivity contribution < 1.29 is 4.74 Å². The molecule has 1 aliphatic rings. The van der Waals surface area contributed by atoms with Crippen LogP contribution in [0.5, 0.6) is 0 Å². The third-order valence-electron chi connectivity index (χ3n) is 3.11. The predicted molar refractivity (Wildman–Crippen MR) is 63.9 cm³/mol. The second-order valence-corrected chi connectivity index (χ2v) is 5.03. The molecule has 15 heavy (non-hydrogen) atoms. The minimum absolute atomic E-state index is 0.0501. The molecule has 1 rings (SSSR count). The molecule has 0 amide bonds. The molecule has 1 saturated carbocycles. The van der Waals surface area contributed by atoms with E-state index in [1.165, 1.54) is 0 Å². The number of hydrogen-bond donors (Lipinski definition) is 2. The van der Waals surface area contributed by atoms with Gasteiger partial charge in [0.05, 0.1) is 6.10 Å². The molecule has 1 fully saturated rings. The van der Waals surface area contributed by atoms with E-state index in [0.717, 1.165) is 38.8 Å². The van der Waals surface area contributed by atoms with Crippen molar-refractivity contribution in [1.82, 2.24) is 5.32 Å². The van der Waals surface area contributed by atoms with Crippen molar-refractivity contribution in [3.63, 3.8) is 0 Å². The first-order valence-electron chi connectivity index (χ1n) is 6.21. The molecule has 1 atom stereocenters. The zero-order chi connectivity index (χ0) is 11.3. The smallest absolute Gasteiger partial charge is 0.0604 e. The lowest BCUT2D eigenvalue weighted by molar-refractivity contribution is -0.0108. The van der Waals surface area contributed by atoms with Crippen LogP contribution in [0.3, 0.4) is 0 Å². The zero-order valence-electron chi connectivity index (χ0n) is 10.4. The molecule has 1 unspecified atom stereocenters. The van der Waals surface area contributed by atoms with Crippen molar-refractivity contribution in [1.29, 1.82) is 0 Å². The standard InChI is InChI=1S/C12H26N2O/c1-4-6-12(3,13)9-14-10-7-11(8-10)15-5-2/h10-11,14H,4-9,13H2,1-3H3. The third kappa shape index (κ3) is 4.49. The first-order chi connectivity index (χ1) is 7.07. The zero-order valence-corrected chi connectivity index (χ0v) is 10.4. The second kappa shape index (κ2) is 5.83. The van der Waals surface area contributed by atoms with Crippen molar-refractivity contribution in [2.75, 3.05) is 13.2 Å². The van der Waals surface area contributed by atoms with Crippen LogP contribution >= 0.6 is 0 Å². The second-order valence-electron chi connectivity index (χ2n) is 5.03. The van der Waals surface area contributed by atoms with Crippen LogP contribution in [0.2, 0.25) is 0 Å². The summed E-state index contributed by atoms with van der Waals surface area (Å²) in [5, 5.41) is 3.53. The predicted octanol–water partition coefficient (Wildman–Crippen LogP) is 1.66. The fourth-order valence-corrected chi connectivity index (χ4v) is 2.14. The summed E-state index contributed by atoms with van der Waals surface area (Å²) >= 11 is 0. The molecule has 0 heterocycles. The molecule has 0 aromatic carbocycles. The minimum atomic E-state index is -0.0501. The van der Waals surface area contributed by atoms with E-state index >= 15 is 0 Å². The Kier molecular flexibility index (Phi) is 5.03. The number of nitrogens with one attached hydrogen (secondary N) is 1. The van der Waals surface area contributed by atoms with Gasteiger partial charge in [0.15, 0.2) is 0 Å². The Labute approximate surface area is 93.8 Å². The Morgan fingerprint density at radius 1 is 1.40 bits per heavy atom. The van der Waals surface area contributed by atoms with E-state index in [1.807, 2.05) is 0 Å². The van der Waals surface area contributed by atoms with Gasteiger partial charge in [0.1, 0.15) is 0 Å². The molecule has 0 radical (unpaired) electrons. The van der Waals surface area contributed by atoms with E-state index in [9.17, 15) is 0 Å². The Balaban J connectivity index is 2.07. The molecule has 3 N–H and O–H groups in total. The maximum absolute atomic E-state index is 6.15. The van der Waals surface area contributed by atoms with Crippen molar-refractivity contribution in [3.05, 3.63) is 0 Å². The monoisotopic (exact) mass is 214 g/mol. The molecule has 0 aromatic rings. The maximum Gasteiger partial charge on any atom is 0.0604 e. The fourth-order valence-electron chi connectivity index (χ4n) is 2.14. The highest BCUT2D eigenvalue weighted by atomic mass is 16.5. The Hall–Kier alpha value is -0.120. The van der Waals surface area contributed by atoms with E-state index in [1.54, 1.807) is 0 Å². The van der Waals surface area contributed by atoms with Gasteiger partial charge in [-0.1, -0.05) is 13.3 Å². The summed E-state index contributed by atoms with van der Waals surface area (Å²) in [5.74, 6) is 0. The number of nitrogens with two attached hydrogens (primary N) is 1. The summed E-state index contributed by atoms with van der Waals surface area (Å²) in [5.41, 5.74) is 6.10. The molecule has 0 aliphatic heterocycles. The summed E-state index contributed by atoms with van der Waals surface area (Å²) in [4.78, 5) is 0. The highest BCUT2D eigenvalue weighted by Gasteiger charge is 2.30. The van der Waals surface area contributed by atoms with Crippen LogP contribution in [-0.4, -0.2) is 30.8 Å². The summed E-state index contributed by atoms with van der Waals surface area (Å²) in [6.45, 7) is 8.12. The van der Waals surface area contributed by atoms with Gasteiger partial charge in [0.2, 0.25) is 0 Å². The molecule has 3 heteroatoms. The topological polar surface area (TPSA) is 47.3 Å². The summed E-state index contributed by atoms with van der Waals surface area (Å²) in [6, 6.07) is 0.626. The van der Waals surface area contributed by atoms with Crippen LogP contribution in [0.25, 0.3) is 0 Å². The quantitative estimate of drug-likeness (QED) is 0.677. The van der Waals surface area contributed by atoms with E-state index in [-0.39, 0.29) is 5.54 Å². The summed E-state index contributed by atoms with van der Waals surface area (Å²) < 4.78 is 5.52. The lowest BCUT2D eigenvalue weighted by atomic mass is 9.88. The fraction of sp³-hybridized carbons (Fsp3) is 1.00. The number of ether oxygens (including phenoxy) is 1. The maximum atomic E-state index is 6.15. The van der Waals surface area contributed by atoms with E-state index in [0.29, 0.717) is 12.1 Å². The van der Waals surface area contributed by atoms with Crippen molar-refractivity contribution in [2.45, 2.75) is 64.1 Å². The van der Waals surface area contributed by atoms with E-state index < -0.39 is 0 Å². The van der Waals surface area contributed by atoms with Crippen molar-refractivity contribution in [3.8, 4) is 0 Å². The average molecular weight is 214 g/mol. The van der Waals surface area contributed by atoms with Crippen molar-refractivity contribution in [2.24, 2.45) is 5.73 Å². The minimum Gasteiger partial charge on any atom is -0.378 e. The molecule has 0 bridgehead atoms. The first-order valence-corrected chi connectivity index (χ1v) is 6.21. The van der Waals surface area contributed by atoms with Gasteiger partial charge < -0.3 is 15.8 Å².